The summed E-state index contributed by atoms with van der Waals surface area (Å²) in [4.78, 5) is 16.2. The van der Waals surface area contributed by atoms with E-state index in [1.807, 2.05) is 30.3 Å². The number of hydrogen-bond donors (Lipinski definition) is 5. The zero-order chi connectivity index (χ0) is 27.9. The maximum Gasteiger partial charge on any atom is 0.264 e. The molecule has 0 unspecified atom stereocenters. The minimum Gasteiger partial charge on any atom is -0.391 e. The highest BCUT2D eigenvalue weighted by Crippen LogP contribution is 2.23. The van der Waals surface area contributed by atoms with Gasteiger partial charge in [0.25, 0.3) is 10.0 Å². The van der Waals surface area contributed by atoms with Gasteiger partial charge >= 0.3 is 0 Å². The number of nitrogens with two attached hydrogens (primary N) is 1. The smallest absolute Gasteiger partial charge is 0.264 e. The predicted octanol–water partition coefficient (Wildman–Crippen LogP) is 3.30. The molecule has 0 spiro atoms. The lowest BCUT2D eigenvalue weighted by Crippen LogP contribution is -2.55. The van der Waals surface area contributed by atoms with Gasteiger partial charge in [-0.25, -0.2) is 13.1 Å². The molecular weight excluding hydrogens is 549 g/mol. The summed E-state index contributed by atoms with van der Waals surface area (Å²) in [5.74, 6) is -1.82. The SMILES string of the molecule is C[C@@H](O)[C@H](NC(=NC[C@@H](C(=N)c1ccc(Cl)cc1)c1ccccc1)NS(=O)(=O)c1ccc(Cl)cc1)C(N)=O. The fraction of sp³-hybridized carbons (Fsp3) is 0.192. The number of carbonyl (C=O) groups excluding carboxylic acids is 1. The summed E-state index contributed by atoms with van der Waals surface area (Å²) in [6.45, 7) is 1.25. The maximum absolute atomic E-state index is 13.1. The Balaban J connectivity index is 2.00. The third kappa shape index (κ3) is 7.78. The number of aliphatic imine (C=N–C) groups is 1. The number of aliphatic hydroxyl groups excluding tert-OH is 1. The second-order valence-corrected chi connectivity index (χ2v) is 11.0. The molecule has 38 heavy (non-hydrogen) atoms. The Morgan fingerprint density at radius 3 is 2.08 bits per heavy atom. The summed E-state index contributed by atoms with van der Waals surface area (Å²) in [5, 5.41) is 22.4. The first-order valence-corrected chi connectivity index (χ1v) is 13.7. The van der Waals surface area contributed by atoms with Gasteiger partial charge in [-0.3, -0.25) is 9.79 Å². The number of aliphatic hydroxyl groups is 1. The predicted molar refractivity (Wildman–Crippen MR) is 149 cm³/mol. The van der Waals surface area contributed by atoms with Crippen molar-refractivity contribution in [2.45, 2.75) is 29.9 Å². The van der Waals surface area contributed by atoms with Crippen molar-refractivity contribution in [1.82, 2.24) is 10.0 Å². The summed E-state index contributed by atoms with van der Waals surface area (Å²) >= 11 is 11.9. The largest absolute Gasteiger partial charge is 0.391 e. The van der Waals surface area contributed by atoms with Crippen molar-refractivity contribution in [3.63, 3.8) is 0 Å². The van der Waals surface area contributed by atoms with Gasteiger partial charge in [-0.2, -0.15) is 0 Å². The van der Waals surface area contributed by atoms with E-state index in [2.05, 4.69) is 15.0 Å². The lowest BCUT2D eigenvalue weighted by molar-refractivity contribution is -0.121. The van der Waals surface area contributed by atoms with Crippen LogP contribution in [-0.2, 0) is 14.8 Å². The molecule has 6 N–H and O–H groups in total. The van der Waals surface area contributed by atoms with Crippen LogP contribution >= 0.6 is 23.2 Å². The van der Waals surface area contributed by atoms with E-state index in [4.69, 9.17) is 34.3 Å². The van der Waals surface area contributed by atoms with E-state index in [9.17, 15) is 18.3 Å². The van der Waals surface area contributed by atoms with Crippen LogP contribution in [0.3, 0.4) is 0 Å². The quantitative estimate of drug-likeness (QED) is 0.185. The van der Waals surface area contributed by atoms with Crippen molar-refractivity contribution in [1.29, 1.82) is 5.41 Å². The molecule has 0 aliphatic carbocycles. The molecule has 0 heterocycles. The number of halogens is 2. The third-order valence-electron chi connectivity index (χ3n) is 5.57. The summed E-state index contributed by atoms with van der Waals surface area (Å²) < 4.78 is 28.5. The molecule has 0 saturated carbocycles. The van der Waals surface area contributed by atoms with Crippen molar-refractivity contribution in [3.05, 3.63) is 100 Å². The Morgan fingerprint density at radius 2 is 1.55 bits per heavy atom. The first-order valence-electron chi connectivity index (χ1n) is 11.4. The van der Waals surface area contributed by atoms with Crippen molar-refractivity contribution in [3.8, 4) is 0 Å². The molecule has 3 aromatic rings. The molecule has 0 aliphatic rings. The first-order chi connectivity index (χ1) is 18.0. The lowest BCUT2D eigenvalue weighted by atomic mass is 9.90. The Bertz CT molecular complexity index is 1400. The second kappa shape index (κ2) is 12.9. The van der Waals surface area contributed by atoms with Gasteiger partial charge in [-0.05, 0) is 54.4 Å². The van der Waals surface area contributed by atoms with Gasteiger partial charge in [0.1, 0.15) is 6.04 Å². The number of nitrogens with one attached hydrogen (secondary N) is 3. The highest BCUT2D eigenvalue weighted by atomic mass is 35.5. The molecule has 9 nitrogen and oxygen atoms in total. The molecule has 3 aromatic carbocycles. The van der Waals surface area contributed by atoms with Gasteiger partial charge in [0.15, 0.2) is 0 Å². The van der Waals surface area contributed by atoms with Crippen LogP contribution in [0.2, 0.25) is 10.0 Å². The van der Waals surface area contributed by atoms with Crippen LogP contribution in [0.4, 0.5) is 0 Å². The molecule has 200 valence electrons. The molecule has 1 amide bonds. The molecule has 3 atom stereocenters. The van der Waals surface area contributed by atoms with Gasteiger partial charge in [0, 0.05) is 21.7 Å². The molecule has 0 radical (unpaired) electrons. The summed E-state index contributed by atoms with van der Waals surface area (Å²) in [6.07, 6.45) is -1.25. The zero-order valence-corrected chi connectivity index (χ0v) is 22.6. The number of primary amides is 1. The molecular formula is C26H27Cl2N5O4S. The van der Waals surface area contributed by atoms with Crippen LogP contribution in [0.25, 0.3) is 0 Å². The summed E-state index contributed by atoms with van der Waals surface area (Å²) in [5.41, 5.74) is 7.00. The van der Waals surface area contributed by atoms with E-state index >= 15 is 0 Å². The van der Waals surface area contributed by atoms with Crippen molar-refractivity contribution < 1.29 is 18.3 Å². The highest BCUT2D eigenvalue weighted by molar-refractivity contribution is 7.90. The number of benzene rings is 3. The lowest BCUT2D eigenvalue weighted by Gasteiger charge is -2.23. The van der Waals surface area contributed by atoms with E-state index in [1.54, 1.807) is 24.3 Å². The number of rotatable bonds is 10. The monoisotopic (exact) mass is 575 g/mol. The molecule has 12 heteroatoms. The number of carbonyl (C=O) groups is 1. The van der Waals surface area contributed by atoms with Gasteiger partial charge in [0.05, 0.1) is 17.5 Å². The van der Waals surface area contributed by atoms with E-state index < -0.39 is 34.0 Å². The fourth-order valence-corrected chi connectivity index (χ4v) is 4.79. The molecule has 0 saturated heterocycles. The van der Waals surface area contributed by atoms with Crippen LogP contribution in [0.1, 0.15) is 24.0 Å². The Hall–Kier alpha value is -3.44. The molecule has 3 rings (SSSR count). The maximum atomic E-state index is 13.1. The topological polar surface area (TPSA) is 158 Å². The van der Waals surface area contributed by atoms with Crippen molar-refractivity contribution in [2.75, 3.05) is 6.54 Å². The minimum atomic E-state index is -4.17. The Kier molecular flexibility index (Phi) is 9.87. The highest BCUT2D eigenvalue weighted by Gasteiger charge is 2.26. The molecule has 0 aromatic heterocycles. The van der Waals surface area contributed by atoms with Gasteiger partial charge in [-0.15, -0.1) is 0 Å². The minimum absolute atomic E-state index is 0.0811. The Labute approximate surface area is 231 Å². The average Bonchev–Trinajstić information content (AvgIpc) is 2.87. The van der Waals surface area contributed by atoms with Crippen molar-refractivity contribution in [2.24, 2.45) is 10.7 Å². The van der Waals surface area contributed by atoms with Crippen LogP contribution in [0, 0.1) is 5.41 Å². The first kappa shape index (κ1) is 29.1. The van der Waals surface area contributed by atoms with E-state index in [1.165, 1.54) is 31.2 Å². The summed E-state index contributed by atoms with van der Waals surface area (Å²) in [7, 11) is -4.17. The third-order valence-corrected chi connectivity index (χ3v) is 7.43. The van der Waals surface area contributed by atoms with Crippen LogP contribution in [-0.4, -0.2) is 49.8 Å². The second-order valence-electron chi connectivity index (χ2n) is 8.40. The number of guanidine groups is 1. The van der Waals surface area contributed by atoms with Crippen LogP contribution in [0.15, 0.2) is 88.8 Å². The molecule has 0 aliphatic heterocycles. The fourth-order valence-electron chi connectivity index (χ4n) is 3.55. The number of hydrogen-bond acceptors (Lipinski definition) is 6. The number of nitrogens with zero attached hydrogens (tertiary/aromatic N) is 1. The normalized spacial score (nSPS) is 14.3. The van der Waals surface area contributed by atoms with Crippen LogP contribution in [0.5, 0.6) is 0 Å². The van der Waals surface area contributed by atoms with Gasteiger partial charge < -0.3 is 21.6 Å². The van der Waals surface area contributed by atoms with Gasteiger partial charge in [0.2, 0.25) is 11.9 Å². The standard InChI is InChI=1S/C26H27Cl2N5O4S/c1-16(34)24(25(30)35)32-26(33-38(36,37)21-13-11-20(28)12-14-21)31-15-22(17-5-3-2-4-6-17)23(29)18-7-9-19(27)10-8-18/h2-14,16,22,24,29,34H,15H2,1H3,(H2,30,35)(H2,31,32,33)/t16-,22-,24+/m1/s1. The number of sulfonamides is 1. The van der Waals surface area contributed by atoms with E-state index in [-0.39, 0.29) is 23.1 Å². The average molecular weight is 577 g/mol. The van der Waals surface area contributed by atoms with E-state index in [0.29, 0.717) is 15.6 Å². The van der Waals surface area contributed by atoms with E-state index in [0.717, 1.165) is 5.56 Å². The zero-order valence-electron chi connectivity index (χ0n) is 20.3. The van der Waals surface area contributed by atoms with Gasteiger partial charge in [-0.1, -0.05) is 65.7 Å². The Morgan fingerprint density at radius 1 is 1.00 bits per heavy atom. The molecule has 0 bridgehead atoms. The summed E-state index contributed by atoms with van der Waals surface area (Å²) in [6, 6.07) is 20.0. The molecule has 0 fully saturated rings. The van der Waals surface area contributed by atoms with Crippen molar-refractivity contribution >= 4 is 50.8 Å². The number of amides is 1. The van der Waals surface area contributed by atoms with Crippen LogP contribution < -0.4 is 15.8 Å².